The Morgan fingerprint density at radius 1 is 1.64 bits per heavy atom. The Bertz CT molecular complexity index is 149. The molecular formula is C10H17N. The Hall–Kier alpha value is -0.480. The molecule has 1 rings (SSSR count). The van der Waals surface area contributed by atoms with E-state index in [4.69, 9.17) is 6.42 Å². The second kappa shape index (κ2) is 3.78. The minimum Gasteiger partial charge on any atom is -0.310 e. The van der Waals surface area contributed by atoms with Crippen LogP contribution in [-0.4, -0.2) is 12.1 Å². The zero-order chi connectivity index (χ0) is 8.16. The summed E-state index contributed by atoms with van der Waals surface area (Å²) in [5, 5.41) is 3.53. The number of terminal acetylenes is 1. The monoisotopic (exact) mass is 151 g/mol. The smallest absolute Gasteiger partial charge is 0.0290 e. The molecule has 1 heteroatoms. The van der Waals surface area contributed by atoms with Gasteiger partial charge in [-0.05, 0) is 25.8 Å². The fraction of sp³-hybridized carbons (Fsp3) is 0.800. The summed E-state index contributed by atoms with van der Waals surface area (Å²) in [6, 6.07) is 0. The Kier molecular flexibility index (Phi) is 2.96. The topological polar surface area (TPSA) is 12.0 Å². The van der Waals surface area contributed by atoms with Gasteiger partial charge < -0.3 is 5.32 Å². The molecule has 0 aromatic heterocycles. The van der Waals surface area contributed by atoms with Crippen molar-refractivity contribution in [3.8, 4) is 12.3 Å². The van der Waals surface area contributed by atoms with Crippen LogP contribution in [0.3, 0.4) is 0 Å². The summed E-state index contributed by atoms with van der Waals surface area (Å²) < 4.78 is 0. The van der Waals surface area contributed by atoms with Crippen LogP contribution in [0.15, 0.2) is 0 Å². The van der Waals surface area contributed by atoms with Gasteiger partial charge in [-0.25, -0.2) is 0 Å². The highest BCUT2D eigenvalue weighted by Crippen LogP contribution is 2.27. The van der Waals surface area contributed by atoms with Crippen molar-refractivity contribution in [3.63, 3.8) is 0 Å². The normalized spacial score (nSPS) is 30.2. The van der Waals surface area contributed by atoms with Gasteiger partial charge in [0.05, 0.1) is 0 Å². The van der Waals surface area contributed by atoms with Crippen molar-refractivity contribution in [1.29, 1.82) is 0 Å². The van der Waals surface area contributed by atoms with Gasteiger partial charge in [0.2, 0.25) is 0 Å². The summed E-state index contributed by atoms with van der Waals surface area (Å²) in [6.07, 6.45) is 11.3. The molecular weight excluding hydrogens is 134 g/mol. The molecule has 0 aromatic rings. The first-order valence-electron chi connectivity index (χ1n) is 4.51. The molecule has 0 bridgehead atoms. The van der Waals surface area contributed by atoms with Crippen molar-refractivity contribution in [2.75, 3.05) is 6.54 Å². The van der Waals surface area contributed by atoms with E-state index >= 15 is 0 Å². The average Bonchev–Trinajstić information content (AvgIpc) is 2.39. The summed E-state index contributed by atoms with van der Waals surface area (Å²) >= 11 is 0. The lowest BCUT2D eigenvalue weighted by Crippen LogP contribution is -2.38. The van der Waals surface area contributed by atoms with Gasteiger partial charge in [0, 0.05) is 12.0 Å². The zero-order valence-corrected chi connectivity index (χ0v) is 7.32. The molecule has 62 valence electrons. The van der Waals surface area contributed by atoms with Crippen molar-refractivity contribution in [3.05, 3.63) is 0 Å². The van der Waals surface area contributed by atoms with Gasteiger partial charge in [0.1, 0.15) is 0 Å². The predicted octanol–water partition coefficient (Wildman–Crippen LogP) is 1.93. The molecule has 1 N–H and O–H groups in total. The zero-order valence-electron chi connectivity index (χ0n) is 7.32. The van der Waals surface area contributed by atoms with Gasteiger partial charge in [0.15, 0.2) is 0 Å². The average molecular weight is 151 g/mol. The number of hydrogen-bond donors (Lipinski definition) is 1. The largest absolute Gasteiger partial charge is 0.310 e. The molecule has 1 aliphatic rings. The fourth-order valence-electron chi connectivity index (χ4n) is 2.00. The van der Waals surface area contributed by atoms with Crippen LogP contribution in [0.2, 0.25) is 0 Å². The quantitative estimate of drug-likeness (QED) is 0.608. The van der Waals surface area contributed by atoms with Gasteiger partial charge in [-0.15, -0.1) is 12.3 Å². The van der Waals surface area contributed by atoms with Crippen molar-refractivity contribution < 1.29 is 0 Å². The highest BCUT2D eigenvalue weighted by atomic mass is 15.0. The number of rotatable bonds is 3. The summed E-state index contributed by atoms with van der Waals surface area (Å²) in [4.78, 5) is 0. The van der Waals surface area contributed by atoms with Crippen molar-refractivity contribution in [1.82, 2.24) is 5.32 Å². The molecule has 11 heavy (non-hydrogen) atoms. The Morgan fingerprint density at radius 2 is 2.45 bits per heavy atom. The van der Waals surface area contributed by atoms with E-state index in [0.717, 1.165) is 13.0 Å². The minimum absolute atomic E-state index is 0.309. The Balaban J connectivity index is 2.49. The molecule has 1 unspecified atom stereocenters. The van der Waals surface area contributed by atoms with Crippen molar-refractivity contribution in [2.24, 2.45) is 0 Å². The maximum absolute atomic E-state index is 5.33. The SMILES string of the molecule is C#CCC1(CCC)CCCN1. The molecule has 0 radical (unpaired) electrons. The minimum atomic E-state index is 0.309. The highest BCUT2D eigenvalue weighted by Gasteiger charge is 2.30. The maximum atomic E-state index is 5.33. The predicted molar refractivity (Wildman–Crippen MR) is 48.3 cm³/mol. The van der Waals surface area contributed by atoms with Gasteiger partial charge in [-0.3, -0.25) is 0 Å². The number of nitrogens with one attached hydrogen (secondary N) is 1. The molecule has 1 atom stereocenters. The standard InChI is InChI=1S/C10H17N/c1-3-6-10(7-4-2)8-5-9-11-10/h1,11H,4-9H2,2H3. The maximum Gasteiger partial charge on any atom is 0.0290 e. The Morgan fingerprint density at radius 3 is 2.91 bits per heavy atom. The van der Waals surface area contributed by atoms with E-state index in [1.807, 2.05) is 0 Å². The molecule has 1 nitrogen and oxygen atoms in total. The molecule has 0 aliphatic carbocycles. The van der Waals surface area contributed by atoms with Gasteiger partial charge in [-0.1, -0.05) is 13.3 Å². The van der Waals surface area contributed by atoms with Crippen LogP contribution in [0.4, 0.5) is 0 Å². The van der Waals surface area contributed by atoms with E-state index in [1.54, 1.807) is 0 Å². The van der Waals surface area contributed by atoms with Gasteiger partial charge >= 0.3 is 0 Å². The van der Waals surface area contributed by atoms with Crippen LogP contribution in [0.1, 0.15) is 39.0 Å². The van der Waals surface area contributed by atoms with Crippen molar-refractivity contribution >= 4 is 0 Å². The molecule has 1 saturated heterocycles. The van der Waals surface area contributed by atoms with E-state index < -0.39 is 0 Å². The third-order valence-corrected chi connectivity index (χ3v) is 2.50. The highest BCUT2D eigenvalue weighted by molar-refractivity contribution is 5.02. The van der Waals surface area contributed by atoms with Crippen LogP contribution in [0.25, 0.3) is 0 Å². The molecule has 1 aliphatic heterocycles. The molecule has 0 saturated carbocycles. The summed E-state index contributed by atoms with van der Waals surface area (Å²) in [5.41, 5.74) is 0.309. The lowest BCUT2D eigenvalue weighted by molar-refractivity contribution is 0.353. The molecule has 1 heterocycles. The van der Waals surface area contributed by atoms with E-state index in [-0.39, 0.29) is 0 Å². The van der Waals surface area contributed by atoms with E-state index in [2.05, 4.69) is 18.2 Å². The summed E-state index contributed by atoms with van der Waals surface area (Å²) in [5.74, 6) is 2.77. The van der Waals surface area contributed by atoms with Crippen LogP contribution in [-0.2, 0) is 0 Å². The van der Waals surface area contributed by atoms with Crippen LogP contribution in [0.5, 0.6) is 0 Å². The van der Waals surface area contributed by atoms with Crippen molar-refractivity contribution in [2.45, 2.75) is 44.6 Å². The number of hydrogen-bond acceptors (Lipinski definition) is 1. The first-order valence-corrected chi connectivity index (χ1v) is 4.51. The third-order valence-electron chi connectivity index (χ3n) is 2.50. The van der Waals surface area contributed by atoms with Crippen LogP contribution < -0.4 is 5.32 Å². The molecule has 0 spiro atoms. The lowest BCUT2D eigenvalue weighted by atomic mass is 9.89. The second-order valence-electron chi connectivity index (χ2n) is 3.44. The van der Waals surface area contributed by atoms with Crippen LogP contribution in [0, 0.1) is 12.3 Å². The third kappa shape index (κ3) is 1.97. The fourth-order valence-corrected chi connectivity index (χ4v) is 2.00. The first-order chi connectivity index (χ1) is 5.33. The van der Waals surface area contributed by atoms with E-state index in [0.29, 0.717) is 5.54 Å². The lowest BCUT2D eigenvalue weighted by Gasteiger charge is -2.26. The Labute approximate surface area is 69.6 Å². The summed E-state index contributed by atoms with van der Waals surface area (Å²) in [7, 11) is 0. The first kappa shape index (κ1) is 8.62. The molecule has 1 fully saturated rings. The second-order valence-corrected chi connectivity index (χ2v) is 3.44. The van der Waals surface area contributed by atoms with Crippen LogP contribution >= 0.6 is 0 Å². The molecule has 0 aromatic carbocycles. The summed E-state index contributed by atoms with van der Waals surface area (Å²) in [6.45, 7) is 3.37. The molecule has 0 amide bonds. The van der Waals surface area contributed by atoms with Gasteiger partial charge in [0.25, 0.3) is 0 Å². The van der Waals surface area contributed by atoms with E-state index in [9.17, 15) is 0 Å². The van der Waals surface area contributed by atoms with E-state index in [1.165, 1.54) is 25.7 Å². The van der Waals surface area contributed by atoms with Gasteiger partial charge in [-0.2, -0.15) is 0 Å².